The van der Waals surface area contributed by atoms with Gasteiger partial charge in [0.2, 0.25) is 5.78 Å². The van der Waals surface area contributed by atoms with Crippen molar-refractivity contribution in [3.05, 3.63) is 24.2 Å². The first-order chi connectivity index (χ1) is 10.8. The molecule has 1 atom stereocenters. The molecule has 2 heterocycles. The van der Waals surface area contributed by atoms with Crippen LogP contribution >= 0.6 is 0 Å². The van der Waals surface area contributed by atoms with Crippen molar-refractivity contribution in [1.29, 1.82) is 0 Å². The zero-order valence-corrected chi connectivity index (χ0v) is 14.1. The Balaban J connectivity index is 1.86. The van der Waals surface area contributed by atoms with Crippen LogP contribution in [0, 0.1) is 0 Å². The molecule has 0 bridgehead atoms. The standard InChI is InChI=1S/C17H26N2O4/c1-17(2,3)23-16(21)18-11-13-7-4-5-9-19(13)12-14(20)15-8-6-10-22-15/h6,8,10,13H,4-5,7,9,11-12H2,1-3H3,(H,18,21)/t13-/m1/s1. The Hall–Kier alpha value is -1.82. The number of rotatable bonds is 5. The largest absolute Gasteiger partial charge is 0.461 e. The molecule has 23 heavy (non-hydrogen) atoms. The predicted molar refractivity (Wildman–Crippen MR) is 86.5 cm³/mol. The molecule has 2 rings (SSSR count). The number of Topliss-reactive ketones (excluding diaryl/α,β-unsaturated/α-hetero) is 1. The van der Waals surface area contributed by atoms with Crippen molar-refractivity contribution in [2.24, 2.45) is 0 Å². The maximum atomic E-state index is 12.2. The molecule has 0 saturated carbocycles. The number of ether oxygens (including phenoxy) is 1. The van der Waals surface area contributed by atoms with E-state index >= 15 is 0 Å². The minimum atomic E-state index is -0.508. The highest BCUT2D eigenvalue weighted by molar-refractivity contribution is 5.95. The third kappa shape index (κ3) is 5.71. The van der Waals surface area contributed by atoms with Gasteiger partial charge in [-0.3, -0.25) is 9.69 Å². The van der Waals surface area contributed by atoms with Crippen LogP contribution in [0.5, 0.6) is 0 Å². The number of carbonyl (C=O) groups excluding carboxylic acids is 2. The summed E-state index contributed by atoms with van der Waals surface area (Å²) in [6.07, 6.45) is 4.22. The van der Waals surface area contributed by atoms with E-state index in [1.54, 1.807) is 12.1 Å². The Bertz CT molecular complexity index is 519. The van der Waals surface area contributed by atoms with Gasteiger partial charge < -0.3 is 14.5 Å². The van der Waals surface area contributed by atoms with Crippen LogP contribution < -0.4 is 5.32 Å². The van der Waals surface area contributed by atoms with Gasteiger partial charge in [0, 0.05) is 12.6 Å². The van der Waals surface area contributed by atoms with Gasteiger partial charge in [0.1, 0.15) is 5.60 Å². The predicted octanol–water partition coefficient (Wildman–Crippen LogP) is 2.84. The minimum Gasteiger partial charge on any atom is -0.461 e. The van der Waals surface area contributed by atoms with E-state index in [2.05, 4.69) is 10.2 Å². The minimum absolute atomic E-state index is 0.0285. The monoisotopic (exact) mass is 322 g/mol. The number of hydrogen-bond donors (Lipinski definition) is 1. The van der Waals surface area contributed by atoms with Gasteiger partial charge in [-0.2, -0.15) is 0 Å². The van der Waals surface area contributed by atoms with Crippen molar-refractivity contribution in [3.8, 4) is 0 Å². The number of furan rings is 1. The molecule has 0 unspecified atom stereocenters. The zero-order valence-electron chi connectivity index (χ0n) is 14.1. The van der Waals surface area contributed by atoms with Crippen LogP contribution in [0.25, 0.3) is 0 Å². The maximum Gasteiger partial charge on any atom is 0.407 e. The van der Waals surface area contributed by atoms with Gasteiger partial charge in [0.05, 0.1) is 12.8 Å². The van der Waals surface area contributed by atoms with Crippen molar-refractivity contribution >= 4 is 11.9 Å². The van der Waals surface area contributed by atoms with E-state index in [0.717, 1.165) is 25.8 Å². The number of amides is 1. The zero-order chi connectivity index (χ0) is 16.9. The number of nitrogens with one attached hydrogen (secondary N) is 1. The number of nitrogens with zero attached hydrogens (tertiary/aromatic N) is 1. The summed E-state index contributed by atoms with van der Waals surface area (Å²) in [5.74, 6) is 0.355. The van der Waals surface area contributed by atoms with Crippen molar-refractivity contribution in [2.45, 2.75) is 51.7 Å². The number of likely N-dealkylation sites (tertiary alicyclic amines) is 1. The molecule has 128 valence electrons. The van der Waals surface area contributed by atoms with Gasteiger partial charge in [-0.25, -0.2) is 4.79 Å². The van der Waals surface area contributed by atoms with E-state index < -0.39 is 11.7 Å². The quantitative estimate of drug-likeness (QED) is 0.844. The summed E-state index contributed by atoms with van der Waals surface area (Å²) in [6, 6.07) is 3.54. The fourth-order valence-corrected chi connectivity index (χ4v) is 2.71. The molecular weight excluding hydrogens is 296 g/mol. The molecule has 1 N–H and O–H groups in total. The lowest BCUT2D eigenvalue weighted by molar-refractivity contribution is 0.0494. The molecule has 1 aliphatic heterocycles. The van der Waals surface area contributed by atoms with Gasteiger partial charge in [-0.1, -0.05) is 6.42 Å². The lowest BCUT2D eigenvalue weighted by Gasteiger charge is -2.35. The SMILES string of the molecule is CC(C)(C)OC(=O)NC[C@H]1CCCCN1CC(=O)c1ccco1. The first-order valence-corrected chi connectivity index (χ1v) is 8.13. The van der Waals surface area contributed by atoms with Gasteiger partial charge in [0.15, 0.2) is 5.76 Å². The Morgan fingerprint density at radius 2 is 2.17 bits per heavy atom. The van der Waals surface area contributed by atoms with Gasteiger partial charge >= 0.3 is 6.09 Å². The molecule has 1 aromatic heterocycles. The summed E-state index contributed by atoms with van der Waals surface area (Å²) < 4.78 is 10.4. The highest BCUT2D eigenvalue weighted by Crippen LogP contribution is 2.17. The van der Waals surface area contributed by atoms with Crippen LogP contribution in [0.3, 0.4) is 0 Å². The van der Waals surface area contributed by atoms with Crippen LogP contribution in [0.2, 0.25) is 0 Å². The van der Waals surface area contributed by atoms with E-state index in [1.807, 2.05) is 20.8 Å². The Labute approximate surface area is 137 Å². The van der Waals surface area contributed by atoms with Gasteiger partial charge in [-0.05, 0) is 52.3 Å². The van der Waals surface area contributed by atoms with Crippen LogP contribution in [0.4, 0.5) is 4.79 Å². The number of carbonyl (C=O) groups is 2. The summed E-state index contributed by atoms with van der Waals surface area (Å²) in [5.41, 5.74) is -0.508. The van der Waals surface area contributed by atoms with Crippen LogP contribution in [-0.2, 0) is 4.74 Å². The molecule has 1 fully saturated rings. The smallest absolute Gasteiger partial charge is 0.407 e. The summed E-state index contributed by atoms with van der Waals surface area (Å²) in [4.78, 5) is 26.1. The number of piperidine rings is 1. The van der Waals surface area contributed by atoms with E-state index in [4.69, 9.17) is 9.15 Å². The van der Waals surface area contributed by atoms with Crippen LogP contribution in [-0.4, -0.2) is 48.1 Å². The molecule has 1 saturated heterocycles. The third-order valence-corrected chi connectivity index (χ3v) is 3.77. The lowest BCUT2D eigenvalue weighted by Crippen LogP contribution is -2.49. The third-order valence-electron chi connectivity index (χ3n) is 3.77. The number of alkyl carbamates (subject to hydrolysis) is 1. The Morgan fingerprint density at radius 3 is 2.83 bits per heavy atom. The molecule has 0 aliphatic carbocycles. The highest BCUT2D eigenvalue weighted by atomic mass is 16.6. The topological polar surface area (TPSA) is 71.8 Å². The summed E-state index contributed by atoms with van der Waals surface area (Å²) in [6.45, 7) is 7.16. The molecule has 6 heteroatoms. The Morgan fingerprint density at radius 1 is 1.39 bits per heavy atom. The van der Waals surface area contributed by atoms with Gasteiger partial charge in [0.25, 0.3) is 0 Å². The molecule has 0 spiro atoms. The van der Waals surface area contributed by atoms with E-state index in [-0.39, 0.29) is 11.8 Å². The second-order valence-electron chi connectivity index (χ2n) is 6.90. The number of hydrogen-bond acceptors (Lipinski definition) is 5. The van der Waals surface area contributed by atoms with Crippen molar-refractivity contribution in [1.82, 2.24) is 10.2 Å². The lowest BCUT2D eigenvalue weighted by atomic mass is 10.0. The fraction of sp³-hybridized carbons (Fsp3) is 0.647. The second kappa shape index (κ2) is 7.64. The normalized spacial score (nSPS) is 19.3. The highest BCUT2D eigenvalue weighted by Gasteiger charge is 2.26. The van der Waals surface area contributed by atoms with Crippen LogP contribution in [0.1, 0.15) is 50.6 Å². The van der Waals surface area contributed by atoms with Crippen molar-refractivity contribution in [3.63, 3.8) is 0 Å². The summed E-state index contributed by atoms with van der Waals surface area (Å²) in [7, 11) is 0. The van der Waals surface area contributed by atoms with Crippen molar-refractivity contribution in [2.75, 3.05) is 19.6 Å². The average Bonchev–Trinajstić information content (AvgIpc) is 2.99. The second-order valence-corrected chi connectivity index (χ2v) is 6.90. The summed E-state index contributed by atoms with van der Waals surface area (Å²) in [5, 5.41) is 2.81. The molecular formula is C17H26N2O4. The fourth-order valence-electron chi connectivity index (χ4n) is 2.71. The van der Waals surface area contributed by atoms with Crippen LogP contribution in [0.15, 0.2) is 22.8 Å². The van der Waals surface area contributed by atoms with Gasteiger partial charge in [-0.15, -0.1) is 0 Å². The first-order valence-electron chi connectivity index (χ1n) is 8.13. The number of ketones is 1. The molecule has 0 aromatic carbocycles. The summed E-state index contributed by atoms with van der Waals surface area (Å²) >= 11 is 0. The van der Waals surface area contributed by atoms with E-state index in [9.17, 15) is 9.59 Å². The molecule has 1 amide bonds. The van der Waals surface area contributed by atoms with E-state index in [1.165, 1.54) is 6.26 Å². The maximum absolute atomic E-state index is 12.2. The van der Waals surface area contributed by atoms with Crippen molar-refractivity contribution < 1.29 is 18.7 Å². The van der Waals surface area contributed by atoms with E-state index in [0.29, 0.717) is 18.8 Å². The molecule has 0 radical (unpaired) electrons. The molecule has 1 aliphatic rings. The first kappa shape index (κ1) is 17.5. The Kier molecular flexibility index (Phi) is 5.82. The molecule has 1 aromatic rings. The molecule has 6 nitrogen and oxygen atoms in total. The average molecular weight is 322 g/mol.